The highest BCUT2D eigenvalue weighted by Crippen LogP contribution is 2.68. The molecule has 0 aromatic heterocycles. The lowest BCUT2D eigenvalue weighted by Gasteiger charge is -2.60. The first-order valence-electron chi connectivity index (χ1n) is 12.2. The van der Waals surface area contributed by atoms with Gasteiger partial charge in [-0.05, 0) is 23.7 Å². The van der Waals surface area contributed by atoms with E-state index >= 15 is 0 Å². The van der Waals surface area contributed by atoms with Crippen molar-refractivity contribution in [3.63, 3.8) is 0 Å². The van der Waals surface area contributed by atoms with Crippen LogP contribution in [0.4, 0.5) is 0 Å². The van der Waals surface area contributed by atoms with Crippen molar-refractivity contribution in [2.45, 2.75) is 25.7 Å². The molecule has 14 heteroatoms. The summed E-state index contributed by atoms with van der Waals surface area (Å²) in [4.78, 5) is 99.1. The van der Waals surface area contributed by atoms with Gasteiger partial charge in [0.25, 0.3) is 0 Å². The van der Waals surface area contributed by atoms with Crippen molar-refractivity contribution < 1.29 is 58.0 Å². The molecule has 14 nitrogen and oxygen atoms in total. The van der Waals surface area contributed by atoms with Crippen molar-refractivity contribution >= 4 is 47.5 Å². The summed E-state index contributed by atoms with van der Waals surface area (Å²) >= 11 is 0. The van der Waals surface area contributed by atoms with Crippen LogP contribution in [0.5, 0.6) is 0 Å². The van der Waals surface area contributed by atoms with Gasteiger partial charge in [-0.3, -0.25) is 38.4 Å². The van der Waals surface area contributed by atoms with E-state index in [9.17, 15) is 38.4 Å². The SMILES string of the molecule is O=C(O)CCC(=O)OCN1C(=O)[C@@H]2[C@H]3C=C[C@@H]([C@H]2C1=O)[C@H]1[C@H]2C(=O)N(COC(=O)CCC(=O)O)C(=O)[C@@H]2[C@H]31. The lowest BCUT2D eigenvalue weighted by atomic mass is 9.40. The number of esters is 2. The number of imide groups is 2. The molecule has 0 spiro atoms. The van der Waals surface area contributed by atoms with Gasteiger partial charge in [-0.25, -0.2) is 9.80 Å². The molecule has 2 saturated carbocycles. The van der Waals surface area contributed by atoms with E-state index in [1.54, 1.807) is 12.2 Å². The maximum atomic E-state index is 13.2. The largest absolute Gasteiger partial charge is 0.481 e. The summed E-state index contributed by atoms with van der Waals surface area (Å²) in [5.74, 6) is -11.0. The molecule has 6 aliphatic rings. The molecule has 0 unspecified atom stereocenters. The molecule has 2 N–H and O–H groups in total. The fourth-order valence-corrected chi connectivity index (χ4v) is 6.81. The van der Waals surface area contributed by atoms with E-state index in [0.717, 1.165) is 9.80 Å². The second-order valence-corrected chi connectivity index (χ2v) is 10.1. The molecule has 0 radical (unpaired) electrons. The number of carboxylic acid groups (broad SMARTS) is 2. The third kappa shape index (κ3) is 3.85. The molecule has 2 aliphatic heterocycles. The van der Waals surface area contributed by atoms with Crippen LogP contribution in [0.25, 0.3) is 0 Å². The zero-order chi connectivity index (χ0) is 27.5. The van der Waals surface area contributed by atoms with E-state index < -0.39 is 122 Å². The summed E-state index contributed by atoms with van der Waals surface area (Å²) in [6.45, 7) is -1.26. The molecule has 2 saturated heterocycles. The molecular weight excluding hydrogens is 508 g/mol. The summed E-state index contributed by atoms with van der Waals surface area (Å²) < 4.78 is 9.90. The van der Waals surface area contributed by atoms with Gasteiger partial charge in [-0.2, -0.15) is 0 Å². The highest BCUT2D eigenvalue weighted by atomic mass is 16.6. The third-order valence-corrected chi connectivity index (χ3v) is 8.32. The maximum absolute atomic E-state index is 13.2. The number of amides is 4. The van der Waals surface area contributed by atoms with Crippen molar-refractivity contribution in [3.05, 3.63) is 12.2 Å². The Labute approximate surface area is 214 Å². The lowest BCUT2D eigenvalue weighted by Crippen LogP contribution is -2.63. The molecular formula is C24H24N2O12. The van der Waals surface area contributed by atoms with Crippen LogP contribution in [0.2, 0.25) is 0 Å². The number of carbonyl (C=O) groups is 8. The summed E-state index contributed by atoms with van der Waals surface area (Å²) in [5.41, 5.74) is 0. The van der Waals surface area contributed by atoms with Gasteiger partial charge in [0.2, 0.25) is 23.6 Å². The van der Waals surface area contributed by atoms with E-state index in [2.05, 4.69) is 0 Å². The second kappa shape index (κ2) is 9.33. The molecule has 4 aliphatic carbocycles. The Morgan fingerprint density at radius 2 is 0.947 bits per heavy atom. The van der Waals surface area contributed by atoms with Gasteiger partial charge in [-0.15, -0.1) is 0 Å². The van der Waals surface area contributed by atoms with Crippen molar-refractivity contribution in [2.24, 2.45) is 47.3 Å². The predicted octanol–water partition coefficient (Wildman–Crippen LogP) is -1.02. The van der Waals surface area contributed by atoms with Crippen molar-refractivity contribution in [2.75, 3.05) is 13.5 Å². The van der Waals surface area contributed by atoms with E-state index in [4.69, 9.17) is 19.7 Å². The van der Waals surface area contributed by atoms with Crippen LogP contribution < -0.4 is 0 Å². The van der Waals surface area contributed by atoms with E-state index in [0.29, 0.717) is 0 Å². The summed E-state index contributed by atoms with van der Waals surface area (Å²) in [6, 6.07) is 0. The molecule has 6 rings (SSSR count). The summed E-state index contributed by atoms with van der Waals surface area (Å²) in [5, 5.41) is 17.3. The average Bonchev–Trinajstić information content (AvgIpc) is 3.22. The van der Waals surface area contributed by atoms with Crippen LogP contribution in [0.3, 0.4) is 0 Å². The van der Waals surface area contributed by atoms with Gasteiger partial charge >= 0.3 is 23.9 Å². The number of hydrogen-bond acceptors (Lipinski definition) is 10. The number of rotatable bonds is 10. The zero-order valence-electron chi connectivity index (χ0n) is 19.9. The number of carboxylic acids is 2. The standard InChI is InChI=1S/C24H24N2O12/c27-11(28)3-5-13(31)37-7-25-21(33)17-9-1-2-10(18(17)22(25)34)16-15(9)19-20(16)24(36)26(23(19)35)8-38-14(32)6-4-12(29)30/h1-2,9-10,15-20H,3-8H2,(H,27,28)(H,29,30)/t9-,10+,15-,16-,17-,18-,19-,20-/m1/s1. The minimum Gasteiger partial charge on any atom is -0.481 e. The topological polar surface area (TPSA) is 202 Å². The van der Waals surface area contributed by atoms with Gasteiger partial charge in [0.05, 0.1) is 49.4 Å². The average molecular weight is 532 g/mol. The van der Waals surface area contributed by atoms with Gasteiger partial charge in [0.15, 0.2) is 13.5 Å². The highest BCUT2D eigenvalue weighted by Gasteiger charge is 2.75. The molecule has 4 fully saturated rings. The Balaban J connectivity index is 1.26. The number of carbonyl (C=O) groups excluding carboxylic acids is 6. The third-order valence-electron chi connectivity index (χ3n) is 8.32. The zero-order valence-corrected chi connectivity index (χ0v) is 19.9. The van der Waals surface area contributed by atoms with Crippen LogP contribution in [0.1, 0.15) is 25.7 Å². The molecule has 38 heavy (non-hydrogen) atoms. The van der Waals surface area contributed by atoms with Gasteiger partial charge in [-0.1, -0.05) is 12.2 Å². The second-order valence-electron chi connectivity index (χ2n) is 10.1. The fraction of sp³-hybridized carbons (Fsp3) is 0.583. The fourth-order valence-electron chi connectivity index (χ4n) is 6.81. The number of likely N-dealkylation sites (tertiary alicyclic amines) is 2. The molecule has 0 aromatic rings. The van der Waals surface area contributed by atoms with Crippen LogP contribution in [-0.4, -0.2) is 81.0 Å². The first-order valence-corrected chi connectivity index (χ1v) is 12.2. The first-order chi connectivity index (χ1) is 18.0. The lowest BCUT2D eigenvalue weighted by molar-refractivity contribution is -0.166. The number of allylic oxidation sites excluding steroid dienone is 2. The van der Waals surface area contributed by atoms with Crippen LogP contribution in [-0.2, 0) is 47.8 Å². The van der Waals surface area contributed by atoms with Crippen LogP contribution in [0.15, 0.2) is 12.2 Å². The van der Waals surface area contributed by atoms with Crippen LogP contribution >= 0.6 is 0 Å². The molecule has 4 amide bonds. The number of aliphatic carboxylic acids is 2. The van der Waals surface area contributed by atoms with Gasteiger partial charge in [0.1, 0.15) is 0 Å². The number of nitrogens with zero attached hydrogens (tertiary/aromatic N) is 2. The smallest absolute Gasteiger partial charge is 0.308 e. The van der Waals surface area contributed by atoms with Crippen molar-refractivity contribution in [3.8, 4) is 0 Å². The summed E-state index contributed by atoms with van der Waals surface area (Å²) in [6.07, 6.45) is 1.87. The monoisotopic (exact) mass is 532 g/mol. The minimum absolute atomic E-state index is 0.366. The van der Waals surface area contributed by atoms with E-state index in [-0.39, 0.29) is 11.8 Å². The van der Waals surface area contributed by atoms with Crippen LogP contribution in [0, 0.1) is 47.3 Å². The molecule has 0 aromatic carbocycles. The van der Waals surface area contributed by atoms with Crippen molar-refractivity contribution in [1.29, 1.82) is 0 Å². The van der Waals surface area contributed by atoms with Gasteiger partial charge < -0.3 is 19.7 Å². The summed E-state index contributed by atoms with van der Waals surface area (Å²) in [7, 11) is 0. The Kier molecular flexibility index (Phi) is 6.27. The predicted molar refractivity (Wildman–Crippen MR) is 116 cm³/mol. The minimum atomic E-state index is -1.19. The number of fused-ring (bicyclic) bond motifs is 1. The molecule has 8 atom stereocenters. The molecule has 202 valence electrons. The van der Waals surface area contributed by atoms with Gasteiger partial charge in [0, 0.05) is 0 Å². The normalized spacial score (nSPS) is 34.0. The maximum Gasteiger partial charge on any atom is 0.308 e. The van der Waals surface area contributed by atoms with E-state index in [1.807, 2.05) is 0 Å². The molecule has 2 heterocycles. The molecule has 2 bridgehead atoms. The Bertz CT molecular complexity index is 1140. The Hall–Kier alpha value is -4.10. The van der Waals surface area contributed by atoms with E-state index in [1.165, 1.54) is 0 Å². The Morgan fingerprint density at radius 1 is 0.605 bits per heavy atom. The number of hydrogen-bond donors (Lipinski definition) is 2. The van der Waals surface area contributed by atoms with Crippen molar-refractivity contribution in [1.82, 2.24) is 9.80 Å². The Morgan fingerprint density at radius 3 is 1.29 bits per heavy atom. The quantitative estimate of drug-likeness (QED) is 0.197. The highest BCUT2D eigenvalue weighted by molar-refractivity contribution is 6.09. The first kappa shape index (κ1) is 25.5. The number of ether oxygens (including phenoxy) is 2.